The number of fused-ring (bicyclic) bond motifs is 1. The summed E-state index contributed by atoms with van der Waals surface area (Å²) < 4.78 is 0. The third-order valence-electron chi connectivity index (χ3n) is 4.77. The normalized spacial score (nSPS) is 22.6. The van der Waals surface area contributed by atoms with Gasteiger partial charge >= 0.3 is 0 Å². The highest BCUT2D eigenvalue weighted by molar-refractivity contribution is 5.37. The molecule has 2 heteroatoms. The van der Waals surface area contributed by atoms with Gasteiger partial charge in [-0.2, -0.15) is 0 Å². The van der Waals surface area contributed by atoms with Gasteiger partial charge in [-0.05, 0) is 54.0 Å². The van der Waals surface area contributed by atoms with Crippen LogP contribution >= 0.6 is 0 Å². The molecule has 0 spiro atoms. The van der Waals surface area contributed by atoms with Crippen molar-refractivity contribution in [3.63, 3.8) is 0 Å². The van der Waals surface area contributed by atoms with E-state index in [1.807, 2.05) is 0 Å². The minimum Gasteiger partial charge on any atom is -0.386 e. The molecule has 0 saturated heterocycles. The number of aliphatic hydroxyl groups is 1. The van der Waals surface area contributed by atoms with E-state index < -0.39 is 6.10 Å². The second-order valence-electron chi connectivity index (χ2n) is 6.27. The summed E-state index contributed by atoms with van der Waals surface area (Å²) >= 11 is 0. The summed E-state index contributed by atoms with van der Waals surface area (Å²) in [4.78, 5) is 0. The molecular formula is C19H21NO. The quantitative estimate of drug-likeness (QED) is 0.901. The fraction of sp³-hybridized carbons (Fsp3) is 0.368. The Kier molecular flexibility index (Phi) is 3.28. The summed E-state index contributed by atoms with van der Waals surface area (Å²) in [5.74, 6) is 0.726. The van der Waals surface area contributed by atoms with Crippen LogP contribution in [0.15, 0.2) is 48.5 Å². The molecule has 0 aromatic heterocycles. The van der Waals surface area contributed by atoms with Crippen molar-refractivity contribution in [1.29, 1.82) is 0 Å². The van der Waals surface area contributed by atoms with E-state index >= 15 is 0 Å². The summed E-state index contributed by atoms with van der Waals surface area (Å²) in [6.45, 7) is 0.932. The Morgan fingerprint density at radius 1 is 1.05 bits per heavy atom. The molecule has 1 aliphatic carbocycles. The van der Waals surface area contributed by atoms with Crippen molar-refractivity contribution in [2.75, 3.05) is 6.54 Å². The molecule has 2 unspecified atom stereocenters. The highest BCUT2D eigenvalue weighted by atomic mass is 16.3. The second kappa shape index (κ2) is 5.28. The number of hydrogen-bond acceptors (Lipinski definition) is 2. The number of nitrogens with one attached hydrogen (secondary N) is 1. The van der Waals surface area contributed by atoms with Gasteiger partial charge in [0.05, 0.1) is 12.1 Å². The van der Waals surface area contributed by atoms with Crippen molar-refractivity contribution in [2.45, 2.75) is 37.3 Å². The van der Waals surface area contributed by atoms with Gasteiger partial charge in [-0.1, -0.05) is 48.5 Å². The van der Waals surface area contributed by atoms with Gasteiger partial charge in [-0.25, -0.2) is 0 Å². The average Bonchev–Trinajstić information content (AvgIpc) is 3.39. The largest absolute Gasteiger partial charge is 0.386 e. The number of rotatable bonds is 3. The van der Waals surface area contributed by atoms with E-state index in [0.717, 1.165) is 24.4 Å². The average molecular weight is 279 g/mol. The van der Waals surface area contributed by atoms with Crippen LogP contribution < -0.4 is 5.32 Å². The maximum absolute atomic E-state index is 10.9. The van der Waals surface area contributed by atoms with Crippen LogP contribution in [-0.2, 0) is 6.42 Å². The molecule has 108 valence electrons. The summed E-state index contributed by atoms with van der Waals surface area (Å²) in [6.07, 6.45) is 3.15. The van der Waals surface area contributed by atoms with E-state index in [0.29, 0.717) is 0 Å². The van der Waals surface area contributed by atoms with Gasteiger partial charge in [0.15, 0.2) is 0 Å². The molecule has 0 bridgehead atoms. The molecule has 21 heavy (non-hydrogen) atoms. The monoisotopic (exact) mass is 279 g/mol. The number of hydrogen-bond donors (Lipinski definition) is 2. The van der Waals surface area contributed by atoms with Crippen LogP contribution in [-0.4, -0.2) is 11.7 Å². The molecule has 2 nitrogen and oxygen atoms in total. The Morgan fingerprint density at radius 3 is 2.76 bits per heavy atom. The van der Waals surface area contributed by atoms with Gasteiger partial charge in [0.1, 0.15) is 0 Å². The van der Waals surface area contributed by atoms with Crippen LogP contribution in [0.5, 0.6) is 0 Å². The lowest BCUT2D eigenvalue weighted by Gasteiger charge is -2.31. The summed E-state index contributed by atoms with van der Waals surface area (Å²) in [5, 5.41) is 14.3. The van der Waals surface area contributed by atoms with Gasteiger partial charge in [0, 0.05) is 0 Å². The van der Waals surface area contributed by atoms with Crippen LogP contribution in [0.1, 0.15) is 53.2 Å². The lowest BCUT2D eigenvalue weighted by Crippen LogP contribution is -2.33. The van der Waals surface area contributed by atoms with Gasteiger partial charge < -0.3 is 10.4 Å². The molecule has 2 N–H and O–H groups in total. The predicted molar refractivity (Wildman–Crippen MR) is 84.3 cm³/mol. The molecule has 1 saturated carbocycles. The lowest BCUT2D eigenvalue weighted by molar-refractivity contribution is 0.125. The summed E-state index contributed by atoms with van der Waals surface area (Å²) in [5.41, 5.74) is 5.02. The van der Waals surface area contributed by atoms with E-state index in [2.05, 4.69) is 53.8 Å². The van der Waals surface area contributed by atoms with Crippen molar-refractivity contribution in [2.24, 2.45) is 0 Å². The zero-order chi connectivity index (χ0) is 14.2. The van der Waals surface area contributed by atoms with Gasteiger partial charge in [-0.15, -0.1) is 0 Å². The van der Waals surface area contributed by atoms with Crippen LogP contribution in [0, 0.1) is 0 Å². The predicted octanol–water partition coefficient (Wildman–Crippen LogP) is 3.48. The zero-order valence-electron chi connectivity index (χ0n) is 12.1. The second-order valence-corrected chi connectivity index (χ2v) is 6.27. The molecule has 1 aliphatic heterocycles. The fourth-order valence-corrected chi connectivity index (χ4v) is 3.43. The SMILES string of the molecule is OC(c1cccc(C2CC2)c1)C1NCCc2ccccc21. The first kappa shape index (κ1) is 13.1. The van der Waals surface area contributed by atoms with Gasteiger partial charge in [-0.3, -0.25) is 0 Å². The number of benzene rings is 2. The molecule has 2 aromatic rings. The first-order valence-electron chi connectivity index (χ1n) is 7.92. The van der Waals surface area contributed by atoms with E-state index in [1.54, 1.807) is 0 Å². The van der Waals surface area contributed by atoms with Crippen LogP contribution in [0.2, 0.25) is 0 Å². The fourth-order valence-electron chi connectivity index (χ4n) is 3.43. The van der Waals surface area contributed by atoms with E-state index in [4.69, 9.17) is 0 Å². The van der Waals surface area contributed by atoms with Crippen molar-refractivity contribution in [3.8, 4) is 0 Å². The Morgan fingerprint density at radius 2 is 1.90 bits per heavy atom. The molecule has 0 radical (unpaired) electrons. The van der Waals surface area contributed by atoms with E-state index in [1.165, 1.54) is 29.5 Å². The van der Waals surface area contributed by atoms with Crippen LogP contribution in [0.25, 0.3) is 0 Å². The van der Waals surface area contributed by atoms with Crippen molar-refractivity contribution in [1.82, 2.24) is 5.32 Å². The van der Waals surface area contributed by atoms with E-state index in [-0.39, 0.29) is 6.04 Å². The molecular weight excluding hydrogens is 258 g/mol. The topological polar surface area (TPSA) is 32.3 Å². The van der Waals surface area contributed by atoms with Crippen molar-refractivity contribution < 1.29 is 5.11 Å². The molecule has 2 atom stereocenters. The Bertz CT molecular complexity index is 648. The number of aliphatic hydroxyl groups excluding tert-OH is 1. The molecule has 4 rings (SSSR count). The first-order chi connectivity index (χ1) is 10.3. The van der Waals surface area contributed by atoms with Crippen molar-refractivity contribution >= 4 is 0 Å². The minimum atomic E-state index is -0.481. The smallest absolute Gasteiger partial charge is 0.0984 e. The third kappa shape index (κ3) is 2.50. The highest BCUT2D eigenvalue weighted by Crippen LogP contribution is 2.41. The Labute approximate surface area is 125 Å². The molecule has 1 fully saturated rings. The van der Waals surface area contributed by atoms with Crippen LogP contribution in [0.4, 0.5) is 0 Å². The molecule has 2 aliphatic rings. The molecule has 0 amide bonds. The Hall–Kier alpha value is -1.64. The van der Waals surface area contributed by atoms with Gasteiger partial charge in [0.2, 0.25) is 0 Å². The Balaban J connectivity index is 1.66. The first-order valence-corrected chi connectivity index (χ1v) is 7.92. The molecule has 1 heterocycles. The van der Waals surface area contributed by atoms with E-state index in [9.17, 15) is 5.11 Å². The maximum Gasteiger partial charge on any atom is 0.0984 e. The standard InChI is InChI=1S/C19H21NO/c21-19(16-6-3-5-15(12-16)13-8-9-13)18-17-7-2-1-4-14(17)10-11-20-18/h1-7,12-13,18-21H,8-11H2. The van der Waals surface area contributed by atoms with Crippen LogP contribution in [0.3, 0.4) is 0 Å². The van der Waals surface area contributed by atoms with Crippen molar-refractivity contribution in [3.05, 3.63) is 70.8 Å². The highest BCUT2D eigenvalue weighted by Gasteiger charge is 2.29. The third-order valence-corrected chi connectivity index (χ3v) is 4.77. The lowest BCUT2D eigenvalue weighted by atomic mass is 9.88. The zero-order valence-corrected chi connectivity index (χ0v) is 12.1. The molecule has 2 aromatic carbocycles. The minimum absolute atomic E-state index is 0.00408. The summed E-state index contributed by atoms with van der Waals surface area (Å²) in [7, 11) is 0. The van der Waals surface area contributed by atoms with Gasteiger partial charge in [0.25, 0.3) is 0 Å². The summed E-state index contributed by atoms with van der Waals surface area (Å²) in [6, 6.07) is 17.0. The maximum atomic E-state index is 10.9.